The van der Waals surface area contributed by atoms with E-state index in [1.807, 2.05) is 25.1 Å². The van der Waals surface area contributed by atoms with Gasteiger partial charge in [0, 0.05) is 12.1 Å². The summed E-state index contributed by atoms with van der Waals surface area (Å²) in [7, 11) is 0. The maximum atomic E-state index is 11.5. The number of hydrogen-bond acceptors (Lipinski definition) is 2. The molecule has 1 rings (SSSR count). The second-order valence-electron chi connectivity index (χ2n) is 4.69. The Morgan fingerprint density at radius 3 is 2.47 bits per heavy atom. The van der Waals surface area contributed by atoms with Crippen LogP contribution in [0.2, 0.25) is 0 Å². The van der Waals surface area contributed by atoms with Crippen molar-refractivity contribution in [2.75, 3.05) is 13.1 Å². The van der Waals surface area contributed by atoms with E-state index >= 15 is 0 Å². The highest BCUT2D eigenvalue weighted by atomic mass is 16.1. The number of nitrogens with one attached hydrogen (secondary N) is 2. The average molecular weight is 234 g/mol. The van der Waals surface area contributed by atoms with Crippen LogP contribution in [0.25, 0.3) is 0 Å². The van der Waals surface area contributed by atoms with E-state index in [0.717, 1.165) is 13.0 Å². The zero-order chi connectivity index (χ0) is 12.7. The maximum absolute atomic E-state index is 11.5. The van der Waals surface area contributed by atoms with Crippen LogP contribution in [0.4, 0.5) is 0 Å². The van der Waals surface area contributed by atoms with Crippen LogP contribution in [0, 0.1) is 0 Å². The van der Waals surface area contributed by atoms with Gasteiger partial charge in [0.1, 0.15) is 0 Å². The Kier molecular flexibility index (Phi) is 5.16. The fourth-order valence-corrected chi connectivity index (χ4v) is 1.59. The number of hydrogen-bond donors (Lipinski definition) is 2. The van der Waals surface area contributed by atoms with Gasteiger partial charge in [-0.15, -0.1) is 0 Å². The summed E-state index contributed by atoms with van der Waals surface area (Å²) in [5, 5.41) is 6.13. The summed E-state index contributed by atoms with van der Waals surface area (Å²) in [4.78, 5) is 11.5. The van der Waals surface area contributed by atoms with Crippen LogP contribution in [0.15, 0.2) is 30.3 Å². The molecule has 17 heavy (non-hydrogen) atoms. The van der Waals surface area contributed by atoms with Crippen LogP contribution in [0.1, 0.15) is 32.8 Å². The first-order chi connectivity index (χ1) is 8.06. The Balaban J connectivity index is 2.48. The zero-order valence-corrected chi connectivity index (χ0v) is 10.9. The minimum atomic E-state index is -0.190. The number of benzene rings is 1. The molecule has 0 bridgehead atoms. The number of amides is 1. The highest BCUT2D eigenvalue weighted by Crippen LogP contribution is 2.18. The van der Waals surface area contributed by atoms with E-state index in [2.05, 4.69) is 36.6 Å². The van der Waals surface area contributed by atoms with E-state index in [-0.39, 0.29) is 11.4 Å². The summed E-state index contributed by atoms with van der Waals surface area (Å²) in [5.41, 5.74) is 0.994. The molecule has 1 aromatic rings. The van der Waals surface area contributed by atoms with Gasteiger partial charge in [0.25, 0.3) is 0 Å². The van der Waals surface area contributed by atoms with Crippen molar-refractivity contribution in [3.05, 3.63) is 35.9 Å². The quantitative estimate of drug-likeness (QED) is 0.791. The van der Waals surface area contributed by atoms with Crippen molar-refractivity contribution in [2.24, 2.45) is 0 Å². The molecule has 0 aromatic heterocycles. The molecule has 0 spiro atoms. The Bertz CT molecular complexity index is 346. The molecule has 0 aliphatic rings. The van der Waals surface area contributed by atoms with E-state index in [1.165, 1.54) is 5.56 Å². The molecule has 1 amide bonds. The van der Waals surface area contributed by atoms with Gasteiger partial charge in [-0.25, -0.2) is 0 Å². The molecule has 0 atom stereocenters. The Hall–Kier alpha value is -1.35. The van der Waals surface area contributed by atoms with Crippen LogP contribution in [-0.4, -0.2) is 19.0 Å². The Labute approximate surface area is 104 Å². The van der Waals surface area contributed by atoms with Crippen LogP contribution in [0.5, 0.6) is 0 Å². The first-order valence-electron chi connectivity index (χ1n) is 6.13. The molecule has 0 aliphatic heterocycles. The van der Waals surface area contributed by atoms with Gasteiger partial charge in [-0.3, -0.25) is 10.1 Å². The molecule has 0 saturated heterocycles. The standard InChI is InChI=1S/C14H22N2O/c1-4-10-15-13(17)11-16-14(2,3)12-8-6-5-7-9-12/h5-9,16H,4,10-11H2,1-3H3,(H,15,17). The van der Waals surface area contributed by atoms with E-state index in [4.69, 9.17) is 0 Å². The van der Waals surface area contributed by atoms with Gasteiger partial charge in [0.05, 0.1) is 6.54 Å². The Morgan fingerprint density at radius 1 is 1.24 bits per heavy atom. The van der Waals surface area contributed by atoms with Gasteiger partial charge in [-0.1, -0.05) is 37.3 Å². The third kappa shape index (κ3) is 4.57. The molecular weight excluding hydrogens is 212 g/mol. The lowest BCUT2D eigenvalue weighted by Crippen LogP contribution is -2.43. The molecule has 0 saturated carbocycles. The van der Waals surface area contributed by atoms with Crippen molar-refractivity contribution in [3.8, 4) is 0 Å². The number of rotatable bonds is 6. The third-order valence-electron chi connectivity index (χ3n) is 2.76. The van der Waals surface area contributed by atoms with Crippen molar-refractivity contribution in [3.63, 3.8) is 0 Å². The topological polar surface area (TPSA) is 41.1 Å². The summed E-state index contributed by atoms with van der Waals surface area (Å²) in [5.74, 6) is 0.0517. The van der Waals surface area contributed by atoms with Crippen molar-refractivity contribution in [2.45, 2.75) is 32.7 Å². The van der Waals surface area contributed by atoms with Crippen LogP contribution in [-0.2, 0) is 10.3 Å². The number of carbonyl (C=O) groups is 1. The predicted molar refractivity (Wildman–Crippen MR) is 70.8 cm³/mol. The normalized spacial score (nSPS) is 11.2. The second-order valence-corrected chi connectivity index (χ2v) is 4.69. The first-order valence-corrected chi connectivity index (χ1v) is 6.13. The van der Waals surface area contributed by atoms with Gasteiger partial charge in [-0.05, 0) is 25.8 Å². The van der Waals surface area contributed by atoms with Crippen molar-refractivity contribution in [1.82, 2.24) is 10.6 Å². The number of carbonyl (C=O) groups excluding carboxylic acids is 1. The minimum Gasteiger partial charge on any atom is -0.355 e. The minimum absolute atomic E-state index is 0.0517. The summed E-state index contributed by atoms with van der Waals surface area (Å²) >= 11 is 0. The molecular formula is C14H22N2O. The fraction of sp³-hybridized carbons (Fsp3) is 0.500. The van der Waals surface area contributed by atoms with E-state index in [1.54, 1.807) is 0 Å². The van der Waals surface area contributed by atoms with E-state index in [9.17, 15) is 4.79 Å². The largest absolute Gasteiger partial charge is 0.355 e. The smallest absolute Gasteiger partial charge is 0.233 e. The molecule has 0 heterocycles. The predicted octanol–water partition coefficient (Wildman–Crippen LogP) is 2.04. The van der Waals surface area contributed by atoms with Crippen LogP contribution < -0.4 is 10.6 Å². The monoisotopic (exact) mass is 234 g/mol. The molecule has 0 fully saturated rings. The van der Waals surface area contributed by atoms with Crippen molar-refractivity contribution < 1.29 is 4.79 Å². The fourth-order valence-electron chi connectivity index (χ4n) is 1.59. The van der Waals surface area contributed by atoms with Gasteiger partial charge in [0.15, 0.2) is 0 Å². The van der Waals surface area contributed by atoms with Crippen molar-refractivity contribution >= 4 is 5.91 Å². The Morgan fingerprint density at radius 2 is 1.88 bits per heavy atom. The zero-order valence-electron chi connectivity index (χ0n) is 10.9. The maximum Gasteiger partial charge on any atom is 0.233 e. The van der Waals surface area contributed by atoms with E-state index in [0.29, 0.717) is 6.54 Å². The van der Waals surface area contributed by atoms with Gasteiger partial charge < -0.3 is 5.32 Å². The SMILES string of the molecule is CCCNC(=O)CNC(C)(C)c1ccccc1. The molecule has 3 heteroatoms. The molecule has 0 aliphatic carbocycles. The highest BCUT2D eigenvalue weighted by molar-refractivity contribution is 5.78. The third-order valence-corrected chi connectivity index (χ3v) is 2.76. The summed E-state index contributed by atoms with van der Waals surface area (Å²) < 4.78 is 0. The van der Waals surface area contributed by atoms with Gasteiger partial charge in [0.2, 0.25) is 5.91 Å². The lowest BCUT2D eigenvalue weighted by Gasteiger charge is -2.26. The summed E-state index contributed by atoms with van der Waals surface area (Å²) in [6.07, 6.45) is 0.966. The molecule has 1 aromatic carbocycles. The van der Waals surface area contributed by atoms with Crippen LogP contribution >= 0.6 is 0 Å². The van der Waals surface area contributed by atoms with Crippen molar-refractivity contribution in [1.29, 1.82) is 0 Å². The lowest BCUT2D eigenvalue weighted by atomic mass is 9.94. The van der Waals surface area contributed by atoms with E-state index < -0.39 is 0 Å². The van der Waals surface area contributed by atoms with Crippen LogP contribution in [0.3, 0.4) is 0 Å². The molecule has 0 radical (unpaired) electrons. The van der Waals surface area contributed by atoms with Gasteiger partial charge in [-0.2, -0.15) is 0 Å². The second kappa shape index (κ2) is 6.40. The van der Waals surface area contributed by atoms with Gasteiger partial charge >= 0.3 is 0 Å². The highest BCUT2D eigenvalue weighted by Gasteiger charge is 2.19. The molecule has 0 unspecified atom stereocenters. The summed E-state index contributed by atoms with van der Waals surface area (Å²) in [6.45, 7) is 7.29. The lowest BCUT2D eigenvalue weighted by molar-refractivity contribution is -0.120. The first kappa shape index (κ1) is 13.7. The summed E-state index contributed by atoms with van der Waals surface area (Å²) in [6, 6.07) is 10.1. The molecule has 3 nitrogen and oxygen atoms in total. The molecule has 94 valence electrons. The molecule has 2 N–H and O–H groups in total. The average Bonchev–Trinajstić information content (AvgIpc) is 2.35.